The second kappa shape index (κ2) is 11.2. The van der Waals surface area contributed by atoms with Gasteiger partial charge < -0.3 is 24.9 Å². The van der Waals surface area contributed by atoms with Gasteiger partial charge in [-0.2, -0.15) is 0 Å². The summed E-state index contributed by atoms with van der Waals surface area (Å²) >= 11 is 0. The van der Waals surface area contributed by atoms with Crippen molar-refractivity contribution < 1.29 is 29.1 Å². The Bertz CT molecular complexity index is 567. The molecule has 1 aromatic rings. The predicted octanol–water partition coefficient (Wildman–Crippen LogP) is -0.373. The number of nitrogens with one attached hydrogen (secondary N) is 2. The van der Waals surface area contributed by atoms with Gasteiger partial charge in [0.05, 0.1) is 18.7 Å². The van der Waals surface area contributed by atoms with E-state index in [1.165, 1.54) is 4.90 Å². The first-order chi connectivity index (χ1) is 12.0. The second-order valence-electron chi connectivity index (χ2n) is 5.69. The summed E-state index contributed by atoms with van der Waals surface area (Å²) in [6.45, 7) is 7.31. The molecule has 25 heavy (non-hydrogen) atoms. The summed E-state index contributed by atoms with van der Waals surface area (Å²) in [5.41, 5.74) is 0.965. The Morgan fingerprint density at radius 1 is 1.08 bits per heavy atom. The van der Waals surface area contributed by atoms with Crippen molar-refractivity contribution in [2.24, 2.45) is 0 Å². The maximum atomic E-state index is 12.0. The van der Waals surface area contributed by atoms with Gasteiger partial charge in [0, 0.05) is 18.1 Å². The van der Waals surface area contributed by atoms with Gasteiger partial charge in [0.1, 0.15) is 13.2 Å². The van der Waals surface area contributed by atoms with E-state index < -0.39 is 11.9 Å². The van der Waals surface area contributed by atoms with Crippen molar-refractivity contribution in [1.82, 2.24) is 0 Å². The van der Waals surface area contributed by atoms with Crippen LogP contribution in [0.5, 0.6) is 0 Å². The summed E-state index contributed by atoms with van der Waals surface area (Å²) in [6, 6.07) is 6.40. The molecule has 0 unspecified atom stereocenters. The minimum atomic E-state index is -1.17. The largest absolute Gasteiger partial charge is 0.550 e. The van der Waals surface area contributed by atoms with E-state index in [2.05, 4.69) is 19.2 Å². The Balaban J connectivity index is 2.40. The molecule has 0 aliphatic rings. The van der Waals surface area contributed by atoms with Crippen molar-refractivity contribution in [1.29, 1.82) is 0 Å². The molecule has 0 aliphatic carbocycles. The number of carbonyl (C=O) groups excluding carboxylic acids is 3. The number of carbonyl (C=O) groups is 3. The monoisotopic (exact) mass is 350 g/mol. The number of ether oxygens (including phenoxy) is 1. The van der Waals surface area contributed by atoms with E-state index in [4.69, 9.17) is 4.74 Å². The lowest BCUT2D eigenvalue weighted by Crippen LogP contribution is -3.11. The summed E-state index contributed by atoms with van der Waals surface area (Å²) in [5.74, 6) is -1.84. The molecule has 0 spiro atoms. The molecule has 138 valence electrons. The molecule has 0 atom stereocenters. The van der Waals surface area contributed by atoms with Gasteiger partial charge in [0.25, 0.3) is 0 Å². The van der Waals surface area contributed by atoms with Gasteiger partial charge in [-0.15, -0.1) is 0 Å². The number of carboxylic acids is 1. The summed E-state index contributed by atoms with van der Waals surface area (Å²) in [5, 5.41) is 12.9. The van der Waals surface area contributed by atoms with Crippen LogP contribution in [0, 0.1) is 0 Å². The third-order valence-corrected chi connectivity index (χ3v) is 3.88. The van der Waals surface area contributed by atoms with E-state index in [1.54, 1.807) is 24.3 Å². The number of anilines is 1. The smallest absolute Gasteiger partial charge is 0.338 e. The molecule has 0 saturated carbocycles. The van der Waals surface area contributed by atoms with Gasteiger partial charge in [-0.3, -0.25) is 4.79 Å². The normalized spacial score (nSPS) is 10.5. The van der Waals surface area contributed by atoms with E-state index in [9.17, 15) is 19.5 Å². The van der Waals surface area contributed by atoms with E-state index in [0.29, 0.717) is 17.9 Å². The average Bonchev–Trinajstić information content (AvgIpc) is 2.59. The Morgan fingerprint density at radius 2 is 1.72 bits per heavy atom. The van der Waals surface area contributed by atoms with Crippen molar-refractivity contribution in [3.8, 4) is 0 Å². The van der Waals surface area contributed by atoms with Crippen LogP contribution in [0.15, 0.2) is 24.3 Å². The molecule has 0 radical (unpaired) electrons. The molecule has 7 nitrogen and oxygen atoms in total. The van der Waals surface area contributed by atoms with Crippen LogP contribution < -0.4 is 15.3 Å². The molecule has 2 N–H and O–H groups in total. The molecular weight excluding hydrogens is 324 g/mol. The number of hydrogen-bond acceptors (Lipinski definition) is 5. The first-order valence-electron chi connectivity index (χ1n) is 8.56. The molecule has 1 rings (SSSR count). The molecule has 0 heterocycles. The maximum Gasteiger partial charge on any atom is 0.338 e. The summed E-state index contributed by atoms with van der Waals surface area (Å²) in [4.78, 5) is 35.3. The molecule has 0 fully saturated rings. The fourth-order valence-corrected chi connectivity index (χ4v) is 2.28. The fourth-order valence-electron chi connectivity index (χ4n) is 2.28. The topological polar surface area (TPSA) is 100.0 Å². The van der Waals surface area contributed by atoms with Crippen molar-refractivity contribution in [3.63, 3.8) is 0 Å². The van der Waals surface area contributed by atoms with Crippen molar-refractivity contribution >= 4 is 23.5 Å². The fraction of sp³-hybridized carbons (Fsp3) is 0.500. The minimum Gasteiger partial charge on any atom is -0.550 e. The van der Waals surface area contributed by atoms with Crippen LogP contribution in [0.2, 0.25) is 0 Å². The van der Waals surface area contributed by atoms with Crippen LogP contribution in [-0.2, 0) is 14.3 Å². The van der Waals surface area contributed by atoms with Crippen LogP contribution in [0.25, 0.3) is 0 Å². The van der Waals surface area contributed by atoms with Crippen LogP contribution >= 0.6 is 0 Å². The Labute approximate surface area is 148 Å². The quantitative estimate of drug-likeness (QED) is 0.530. The van der Waals surface area contributed by atoms with E-state index >= 15 is 0 Å². The Hall–Kier alpha value is -2.41. The standard InChI is InChI=1S/C18H26N2O5/c1-3-20(4-2)12-13-25-18(24)14-8-10-15(11-9-14)19-16(21)6-5-7-17(22)23/h8-11H,3-7,12-13H2,1-2H3,(H,19,21)(H,22,23). The van der Waals surface area contributed by atoms with E-state index in [0.717, 1.165) is 19.6 Å². The zero-order valence-electron chi connectivity index (χ0n) is 14.8. The van der Waals surface area contributed by atoms with E-state index in [-0.39, 0.29) is 25.2 Å². The Morgan fingerprint density at radius 3 is 2.28 bits per heavy atom. The molecule has 0 aromatic heterocycles. The number of carboxylic acid groups (broad SMARTS) is 1. The van der Waals surface area contributed by atoms with Gasteiger partial charge in [0.2, 0.25) is 5.91 Å². The highest BCUT2D eigenvalue weighted by Crippen LogP contribution is 2.11. The second-order valence-corrected chi connectivity index (χ2v) is 5.69. The van der Waals surface area contributed by atoms with Gasteiger partial charge in [-0.25, -0.2) is 4.79 Å². The molecular formula is C18H26N2O5. The number of rotatable bonds is 11. The van der Waals surface area contributed by atoms with Crippen LogP contribution in [0.3, 0.4) is 0 Å². The third-order valence-electron chi connectivity index (χ3n) is 3.88. The van der Waals surface area contributed by atoms with Crippen LogP contribution in [0.1, 0.15) is 43.5 Å². The molecule has 1 amide bonds. The summed E-state index contributed by atoms with van der Waals surface area (Å²) in [6.07, 6.45) is 0.186. The number of aliphatic carboxylic acids is 1. The molecule has 1 aromatic carbocycles. The lowest BCUT2D eigenvalue weighted by Gasteiger charge is -2.15. The number of likely N-dealkylation sites (N-methyl/N-ethyl adjacent to an activating group) is 1. The number of amides is 1. The van der Waals surface area contributed by atoms with E-state index in [1.807, 2.05) is 0 Å². The van der Waals surface area contributed by atoms with Crippen molar-refractivity contribution in [2.75, 3.05) is 31.6 Å². The summed E-state index contributed by atoms with van der Waals surface area (Å²) < 4.78 is 5.25. The van der Waals surface area contributed by atoms with Crippen molar-refractivity contribution in [3.05, 3.63) is 29.8 Å². The highest BCUT2D eigenvalue weighted by molar-refractivity contribution is 5.93. The van der Waals surface area contributed by atoms with Crippen LogP contribution in [-0.4, -0.2) is 44.1 Å². The SMILES string of the molecule is CC[NH+](CC)CCOC(=O)c1ccc(NC(=O)CCCC(=O)[O-])cc1. The maximum absolute atomic E-state index is 12.0. The van der Waals surface area contributed by atoms with Gasteiger partial charge in [-0.1, -0.05) is 0 Å². The van der Waals surface area contributed by atoms with Crippen molar-refractivity contribution in [2.45, 2.75) is 33.1 Å². The number of hydrogen-bond donors (Lipinski definition) is 2. The molecule has 0 saturated heterocycles. The Kier molecular flexibility index (Phi) is 9.24. The number of esters is 1. The minimum absolute atomic E-state index is 0.103. The zero-order chi connectivity index (χ0) is 18.7. The van der Waals surface area contributed by atoms with Gasteiger partial charge in [0.15, 0.2) is 0 Å². The molecule has 0 bridgehead atoms. The molecule has 7 heteroatoms. The van der Waals surface area contributed by atoms with Gasteiger partial charge >= 0.3 is 5.97 Å². The summed E-state index contributed by atoms with van der Waals surface area (Å²) in [7, 11) is 0. The predicted molar refractivity (Wildman–Crippen MR) is 91.1 cm³/mol. The molecule has 0 aliphatic heterocycles. The zero-order valence-corrected chi connectivity index (χ0v) is 14.8. The first kappa shape index (κ1) is 20.6. The average molecular weight is 350 g/mol. The lowest BCUT2D eigenvalue weighted by atomic mass is 10.2. The highest BCUT2D eigenvalue weighted by Gasteiger charge is 2.10. The lowest BCUT2D eigenvalue weighted by molar-refractivity contribution is -0.896. The van der Waals surface area contributed by atoms with Gasteiger partial charge in [-0.05, 0) is 51.0 Å². The van der Waals surface area contributed by atoms with Crippen LogP contribution in [0.4, 0.5) is 5.69 Å². The highest BCUT2D eigenvalue weighted by atomic mass is 16.5. The first-order valence-corrected chi connectivity index (χ1v) is 8.56. The number of benzene rings is 1. The number of quaternary nitrogens is 1. The third kappa shape index (κ3) is 8.30.